The fourth-order valence-corrected chi connectivity index (χ4v) is 3.23. The maximum Gasteiger partial charge on any atom is 0.292 e. The van der Waals surface area contributed by atoms with Gasteiger partial charge in [-0.3, -0.25) is 9.59 Å². The summed E-state index contributed by atoms with van der Waals surface area (Å²) < 4.78 is 6.91. The largest absolute Gasteiger partial charge is 0.494 e. The number of aromatic nitrogens is 2. The number of amides is 1. The quantitative estimate of drug-likeness (QED) is 0.305. The van der Waals surface area contributed by atoms with Gasteiger partial charge in [-0.1, -0.05) is 50.8 Å². The van der Waals surface area contributed by atoms with Gasteiger partial charge in [-0.05, 0) is 42.3 Å². The molecule has 0 unspecified atom stereocenters. The van der Waals surface area contributed by atoms with Crippen LogP contribution < -0.4 is 15.7 Å². The topological polar surface area (TPSA) is 85.6 Å². The first-order valence-electron chi connectivity index (χ1n) is 10.6. The molecule has 3 aromatic rings. The Morgan fingerprint density at radius 3 is 2.52 bits per heavy atom. The number of nitrogens with zero attached hydrogens (tertiary/aromatic N) is 3. The molecule has 0 spiro atoms. The Hall–Kier alpha value is -3.48. The summed E-state index contributed by atoms with van der Waals surface area (Å²) in [5, 5.41) is 9.04. The first-order chi connectivity index (χ1) is 15.1. The number of carbonyl (C=O) groups excluding carboxylic acids is 1. The highest BCUT2D eigenvalue weighted by Crippen LogP contribution is 2.14. The van der Waals surface area contributed by atoms with E-state index in [9.17, 15) is 9.59 Å². The molecule has 7 nitrogen and oxygen atoms in total. The summed E-state index contributed by atoms with van der Waals surface area (Å²) in [6.07, 6.45) is 7.57. The van der Waals surface area contributed by atoms with Gasteiger partial charge in [0.05, 0.1) is 18.2 Å². The SMILES string of the molecule is CCCCCCCOc1ccc(/C=N/NC(=O)c2nn(C)c(=O)c3ccccc23)cc1. The third-order valence-electron chi connectivity index (χ3n) is 4.95. The fraction of sp³-hybridized carbons (Fsp3) is 0.333. The molecule has 1 N–H and O–H groups in total. The molecule has 31 heavy (non-hydrogen) atoms. The maximum atomic E-state index is 12.6. The minimum absolute atomic E-state index is 0.150. The van der Waals surface area contributed by atoms with E-state index >= 15 is 0 Å². The zero-order chi connectivity index (χ0) is 22.1. The summed E-state index contributed by atoms with van der Waals surface area (Å²) in [4.78, 5) is 24.7. The minimum atomic E-state index is -0.480. The van der Waals surface area contributed by atoms with Gasteiger partial charge in [-0.25, -0.2) is 10.1 Å². The van der Waals surface area contributed by atoms with Crippen LogP contribution in [0.1, 0.15) is 55.1 Å². The van der Waals surface area contributed by atoms with Crippen LogP contribution >= 0.6 is 0 Å². The summed E-state index contributed by atoms with van der Waals surface area (Å²) >= 11 is 0. The van der Waals surface area contributed by atoms with Crippen LogP contribution in [0.3, 0.4) is 0 Å². The van der Waals surface area contributed by atoms with E-state index in [4.69, 9.17) is 4.74 Å². The summed E-state index contributed by atoms with van der Waals surface area (Å²) in [6, 6.07) is 14.4. The van der Waals surface area contributed by atoms with Gasteiger partial charge in [0, 0.05) is 12.4 Å². The normalized spacial score (nSPS) is 11.2. The second kappa shape index (κ2) is 11.1. The summed E-state index contributed by atoms with van der Waals surface area (Å²) in [5.74, 6) is 0.337. The molecule has 0 aliphatic rings. The van der Waals surface area contributed by atoms with Crippen LogP contribution in [-0.4, -0.2) is 28.5 Å². The van der Waals surface area contributed by atoms with Gasteiger partial charge in [-0.15, -0.1) is 0 Å². The van der Waals surface area contributed by atoms with E-state index in [0.717, 1.165) is 22.4 Å². The molecule has 0 saturated heterocycles. The highest BCUT2D eigenvalue weighted by molar-refractivity contribution is 6.04. The molecule has 0 aliphatic heterocycles. The van der Waals surface area contributed by atoms with Crippen molar-refractivity contribution in [2.75, 3.05) is 6.61 Å². The number of benzene rings is 2. The van der Waals surface area contributed by atoms with Gasteiger partial charge < -0.3 is 4.74 Å². The van der Waals surface area contributed by atoms with E-state index < -0.39 is 5.91 Å². The molecule has 0 fully saturated rings. The Bertz CT molecular complexity index is 1100. The number of nitrogens with one attached hydrogen (secondary N) is 1. The highest BCUT2D eigenvalue weighted by Gasteiger charge is 2.14. The number of hydrogen-bond donors (Lipinski definition) is 1. The second-order valence-electron chi connectivity index (χ2n) is 7.35. The average Bonchev–Trinajstić information content (AvgIpc) is 2.79. The predicted molar refractivity (Wildman–Crippen MR) is 123 cm³/mol. The van der Waals surface area contributed by atoms with Crippen molar-refractivity contribution in [1.29, 1.82) is 0 Å². The second-order valence-corrected chi connectivity index (χ2v) is 7.35. The van der Waals surface area contributed by atoms with Crippen LogP contribution in [0.15, 0.2) is 58.4 Å². The maximum absolute atomic E-state index is 12.6. The van der Waals surface area contributed by atoms with Gasteiger partial charge in [0.1, 0.15) is 5.75 Å². The molecule has 1 amide bonds. The smallest absolute Gasteiger partial charge is 0.292 e. The molecule has 162 valence electrons. The number of fused-ring (bicyclic) bond motifs is 1. The molecular weight excluding hydrogens is 392 g/mol. The molecule has 0 radical (unpaired) electrons. The molecule has 0 saturated carbocycles. The summed E-state index contributed by atoms with van der Waals surface area (Å²) in [5.41, 5.74) is 3.21. The lowest BCUT2D eigenvalue weighted by atomic mass is 10.1. The number of ether oxygens (including phenoxy) is 1. The summed E-state index contributed by atoms with van der Waals surface area (Å²) in [7, 11) is 1.52. The molecule has 3 rings (SSSR count). The van der Waals surface area contributed by atoms with E-state index in [0.29, 0.717) is 17.4 Å². The van der Waals surface area contributed by atoms with E-state index in [1.165, 1.54) is 32.7 Å². The van der Waals surface area contributed by atoms with Crippen molar-refractivity contribution in [1.82, 2.24) is 15.2 Å². The number of hydrogen-bond acceptors (Lipinski definition) is 5. The Morgan fingerprint density at radius 1 is 1.06 bits per heavy atom. The van der Waals surface area contributed by atoms with Crippen molar-refractivity contribution >= 4 is 22.9 Å². The Balaban J connectivity index is 1.56. The molecule has 2 aromatic carbocycles. The number of carbonyl (C=O) groups is 1. The molecule has 0 bridgehead atoms. The zero-order valence-corrected chi connectivity index (χ0v) is 18.0. The molecule has 7 heteroatoms. The monoisotopic (exact) mass is 420 g/mol. The van der Waals surface area contributed by atoms with Crippen molar-refractivity contribution in [2.45, 2.75) is 39.0 Å². The van der Waals surface area contributed by atoms with Gasteiger partial charge in [0.2, 0.25) is 0 Å². The highest BCUT2D eigenvalue weighted by atomic mass is 16.5. The van der Waals surface area contributed by atoms with E-state index in [-0.39, 0.29) is 11.3 Å². The number of aryl methyl sites for hydroxylation is 1. The van der Waals surface area contributed by atoms with E-state index in [1.807, 2.05) is 24.3 Å². The summed E-state index contributed by atoms with van der Waals surface area (Å²) in [6.45, 7) is 2.92. The van der Waals surface area contributed by atoms with Crippen molar-refractivity contribution in [3.05, 3.63) is 70.1 Å². The molecule has 0 aliphatic carbocycles. The van der Waals surface area contributed by atoms with Crippen LogP contribution in [0.4, 0.5) is 0 Å². The lowest BCUT2D eigenvalue weighted by Crippen LogP contribution is -2.27. The average molecular weight is 421 g/mol. The minimum Gasteiger partial charge on any atom is -0.494 e. The lowest BCUT2D eigenvalue weighted by Gasteiger charge is -2.07. The van der Waals surface area contributed by atoms with Crippen LogP contribution in [-0.2, 0) is 7.05 Å². The number of hydrazone groups is 1. The van der Waals surface area contributed by atoms with Crippen LogP contribution in [0, 0.1) is 0 Å². The molecule has 0 atom stereocenters. The first kappa shape index (κ1) is 22.2. The Morgan fingerprint density at radius 2 is 1.77 bits per heavy atom. The Kier molecular flexibility index (Phi) is 7.92. The van der Waals surface area contributed by atoms with Gasteiger partial charge in [-0.2, -0.15) is 10.2 Å². The Labute approximate surface area is 181 Å². The zero-order valence-electron chi connectivity index (χ0n) is 18.0. The van der Waals surface area contributed by atoms with Crippen molar-refractivity contribution in [2.24, 2.45) is 12.1 Å². The molecule has 1 heterocycles. The van der Waals surface area contributed by atoms with E-state index in [2.05, 4.69) is 22.5 Å². The van der Waals surface area contributed by atoms with Crippen LogP contribution in [0.25, 0.3) is 10.8 Å². The first-order valence-corrected chi connectivity index (χ1v) is 10.6. The van der Waals surface area contributed by atoms with Crippen molar-refractivity contribution in [3.8, 4) is 5.75 Å². The predicted octanol–water partition coefficient (Wildman–Crippen LogP) is 4.05. The molecular formula is C24H28N4O3. The fourth-order valence-electron chi connectivity index (χ4n) is 3.23. The van der Waals surface area contributed by atoms with Crippen LogP contribution in [0.2, 0.25) is 0 Å². The number of rotatable bonds is 10. The third-order valence-corrected chi connectivity index (χ3v) is 4.95. The van der Waals surface area contributed by atoms with Crippen molar-refractivity contribution < 1.29 is 9.53 Å². The lowest BCUT2D eigenvalue weighted by molar-refractivity contribution is 0.0950. The standard InChI is InChI=1S/C24H28N4O3/c1-3-4-5-6-9-16-31-19-14-12-18(13-15-19)17-25-26-23(29)22-20-10-7-8-11-21(20)24(30)28(2)27-22/h7-8,10-15,17H,3-6,9,16H2,1-2H3,(H,26,29)/b25-17+. The van der Waals surface area contributed by atoms with Gasteiger partial charge >= 0.3 is 0 Å². The molecule has 1 aromatic heterocycles. The van der Waals surface area contributed by atoms with Crippen molar-refractivity contribution in [3.63, 3.8) is 0 Å². The number of unbranched alkanes of at least 4 members (excludes halogenated alkanes) is 4. The van der Waals surface area contributed by atoms with Gasteiger partial charge in [0.15, 0.2) is 5.69 Å². The van der Waals surface area contributed by atoms with Gasteiger partial charge in [0.25, 0.3) is 11.5 Å². The van der Waals surface area contributed by atoms with Crippen LogP contribution in [0.5, 0.6) is 5.75 Å². The van der Waals surface area contributed by atoms with E-state index in [1.54, 1.807) is 30.5 Å². The third kappa shape index (κ3) is 6.01.